The van der Waals surface area contributed by atoms with E-state index in [4.69, 9.17) is 0 Å². The number of aryl methyl sites for hydroxylation is 1. The largest absolute Gasteiger partial charge is 0.297 e. The zero-order valence-corrected chi connectivity index (χ0v) is 16.4. The smallest absolute Gasteiger partial charge is 0.116 e. The van der Waals surface area contributed by atoms with Gasteiger partial charge in [0, 0.05) is 25.2 Å². The van der Waals surface area contributed by atoms with E-state index in [1.165, 1.54) is 35.3 Å². The van der Waals surface area contributed by atoms with Crippen LogP contribution < -0.4 is 0 Å². The van der Waals surface area contributed by atoms with Gasteiger partial charge in [0.2, 0.25) is 0 Å². The fourth-order valence-electron chi connectivity index (χ4n) is 4.54. The summed E-state index contributed by atoms with van der Waals surface area (Å²) in [7, 11) is 0. The van der Waals surface area contributed by atoms with Crippen molar-refractivity contribution in [2.24, 2.45) is 5.92 Å². The van der Waals surface area contributed by atoms with Gasteiger partial charge >= 0.3 is 0 Å². The first-order valence-electron chi connectivity index (χ1n) is 9.55. The summed E-state index contributed by atoms with van der Waals surface area (Å²) in [6, 6.07) is 19.9. The van der Waals surface area contributed by atoms with E-state index >= 15 is 0 Å². The molecule has 0 amide bonds. The molecule has 2 aliphatic heterocycles. The van der Waals surface area contributed by atoms with Crippen LogP contribution in [0.1, 0.15) is 29.3 Å². The Morgan fingerprint density at radius 3 is 2.56 bits per heavy atom. The van der Waals surface area contributed by atoms with Crippen LogP contribution in [0.2, 0.25) is 0 Å². The van der Waals surface area contributed by atoms with Crippen molar-refractivity contribution >= 4 is 12.4 Å². The Bertz CT molecular complexity index is 904. The first kappa shape index (κ1) is 18.2. The van der Waals surface area contributed by atoms with E-state index in [9.17, 15) is 0 Å². The maximum atomic E-state index is 4.57. The van der Waals surface area contributed by atoms with Crippen LogP contribution in [0.25, 0.3) is 11.3 Å². The highest BCUT2D eigenvalue weighted by Crippen LogP contribution is 2.39. The van der Waals surface area contributed by atoms with Gasteiger partial charge in [-0.15, -0.1) is 17.5 Å². The Morgan fingerprint density at radius 1 is 1.00 bits per heavy atom. The molecular weight excluding hydrogens is 356 g/mol. The number of fused-ring (bicyclic) bond motifs is 3. The van der Waals surface area contributed by atoms with Crippen LogP contribution in [0, 0.1) is 12.8 Å². The quantitative estimate of drug-likeness (QED) is 0.679. The van der Waals surface area contributed by atoms with Crippen LogP contribution in [-0.2, 0) is 13.0 Å². The highest BCUT2D eigenvalue weighted by molar-refractivity contribution is 5.85. The van der Waals surface area contributed by atoms with E-state index in [0.717, 1.165) is 25.2 Å². The molecule has 2 atom stereocenters. The second-order valence-corrected chi connectivity index (χ2v) is 7.74. The molecule has 4 nitrogen and oxygen atoms in total. The summed E-state index contributed by atoms with van der Waals surface area (Å²) in [4.78, 5) is 2.58. The van der Waals surface area contributed by atoms with E-state index in [2.05, 4.69) is 81.4 Å². The van der Waals surface area contributed by atoms with Crippen LogP contribution in [-0.4, -0.2) is 33.0 Å². The Morgan fingerprint density at radius 2 is 1.78 bits per heavy atom. The van der Waals surface area contributed by atoms with Crippen molar-refractivity contribution in [1.29, 1.82) is 0 Å². The van der Waals surface area contributed by atoms with Gasteiger partial charge < -0.3 is 0 Å². The minimum absolute atomic E-state index is 0. The van der Waals surface area contributed by atoms with Crippen LogP contribution in [0.3, 0.4) is 0 Å². The number of nitrogens with zero attached hydrogens (tertiary/aromatic N) is 4. The van der Waals surface area contributed by atoms with Crippen molar-refractivity contribution in [3.05, 3.63) is 71.4 Å². The molecule has 3 heterocycles. The second-order valence-electron chi connectivity index (χ2n) is 7.74. The average molecular weight is 381 g/mol. The molecule has 0 aliphatic carbocycles. The summed E-state index contributed by atoms with van der Waals surface area (Å²) < 4.78 is 2.23. The summed E-state index contributed by atoms with van der Waals surface area (Å²) in [6.07, 6.45) is 2.32. The van der Waals surface area contributed by atoms with Crippen molar-refractivity contribution in [3.63, 3.8) is 0 Å². The van der Waals surface area contributed by atoms with E-state index in [1.54, 1.807) is 0 Å². The third-order valence-electron chi connectivity index (χ3n) is 5.91. The van der Waals surface area contributed by atoms with Gasteiger partial charge in [-0.1, -0.05) is 65.4 Å². The van der Waals surface area contributed by atoms with Crippen molar-refractivity contribution < 1.29 is 0 Å². The SMILES string of the molecule is Cc1ccc(CN2C[C@H]3CCc4c(-c5ccccc5)nnn4[C@@H]3C2)cc1.Cl. The maximum absolute atomic E-state index is 4.57. The number of hydrogen-bond acceptors (Lipinski definition) is 3. The topological polar surface area (TPSA) is 34.0 Å². The van der Waals surface area contributed by atoms with Crippen molar-refractivity contribution in [3.8, 4) is 11.3 Å². The van der Waals surface area contributed by atoms with Crippen LogP contribution >= 0.6 is 12.4 Å². The standard InChI is InChI=1S/C22H24N4.ClH/c1-16-7-9-17(10-8-16)13-25-14-19-11-12-20-22(18-5-3-2-4-6-18)23-24-26(20)21(19)15-25;/h2-10,19,21H,11-15H2,1H3;1H/t19-,21-;/m1./s1. The Balaban J connectivity index is 0.00000180. The molecule has 0 bridgehead atoms. The van der Waals surface area contributed by atoms with Crippen LogP contribution in [0.15, 0.2) is 54.6 Å². The van der Waals surface area contributed by atoms with Gasteiger partial charge in [-0.05, 0) is 31.2 Å². The van der Waals surface area contributed by atoms with E-state index in [-0.39, 0.29) is 12.4 Å². The highest BCUT2D eigenvalue weighted by atomic mass is 35.5. The third-order valence-corrected chi connectivity index (χ3v) is 5.91. The summed E-state index contributed by atoms with van der Waals surface area (Å²) in [5.41, 5.74) is 6.29. The molecule has 2 aromatic carbocycles. The number of likely N-dealkylation sites (tertiary alicyclic amines) is 1. The van der Waals surface area contributed by atoms with E-state index in [1.807, 2.05) is 0 Å². The molecule has 140 valence electrons. The molecule has 0 unspecified atom stereocenters. The van der Waals surface area contributed by atoms with Gasteiger partial charge in [-0.3, -0.25) is 4.90 Å². The van der Waals surface area contributed by atoms with E-state index < -0.39 is 0 Å². The lowest BCUT2D eigenvalue weighted by Gasteiger charge is -2.25. The molecule has 1 saturated heterocycles. The van der Waals surface area contributed by atoms with Crippen molar-refractivity contribution in [1.82, 2.24) is 19.9 Å². The lowest BCUT2D eigenvalue weighted by atomic mass is 9.91. The molecule has 0 N–H and O–H groups in total. The molecular formula is C22H25ClN4. The fraction of sp³-hybridized carbons (Fsp3) is 0.364. The van der Waals surface area contributed by atoms with Gasteiger partial charge in [0.25, 0.3) is 0 Å². The number of aromatic nitrogens is 3. The van der Waals surface area contributed by atoms with E-state index in [0.29, 0.717) is 12.0 Å². The summed E-state index contributed by atoms with van der Waals surface area (Å²) >= 11 is 0. The highest BCUT2D eigenvalue weighted by Gasteiger charge is 2.39. The molecule has 5 rings (SSSR count). The average Bonchev–Trinajstić information content (AvgIpc) is 3.27. The Labute approximate surface area is 166 Å². The fourth-order valence-corrected chi connectivity index (χ4v) is 4.54. The normalized spacial score (nSPS) is 21.4. The monoisotopic (exact) mass is 380 g/mol. The minimum atomic E-state index is 0. The predicted molar refractivity (Wildman–Crippen MR) is 110 cm³/mol. The number of rotatable bonds is 3. The lowest BCUT2D eigenvalue weighted by molar-refractivity contribution is 0.306. The zero-order chi connectivity index (χ0) is 17.5. The second kappa shape index (κ2) is 7.45. The Kier molecular flexibility index (Phi) is 5.02. The molecule has 3 aromatic rings. The number of hydrogen-bond donors (Lipinski definition) is 0. The molecule has 0 saturated carbocycles. The van der Waals surface area contributed by atoms with Gasteiger partial charge in [-0.25, -0.2) is 4.68 Å². The maximum Gasteiger partial charge on any atom is 0.116 e. The molecule has 2 aliphatic rings. The molecule has 1 aromatic heterocycles. The van der Waals surface area contributed by atoms with Crippen molar-refractivity contribution in [2.75, 3.05) is 13.1 Å². The van der Waals surface area contributed by atoms with Gasteiger partial charge in [0.15, 0.2) is 0 Å². The van der Waals surface area contributed by atoms with Crippen LogP contribution in [0.5, 0.6) is 0 Å². The molecule has 1 fully saturated rings. The molecule has 5 heteroatoms. The van der Waals surface area contributed by atoms with Gasteiger partial charge in [0.05, 0.1) is 11.7 Å². The van der Waals surface area contributed by atoms with Crippen molar-refractivity contribution in [2.45, 2.75) is 32.4 Å². The predicted octanol–water partition coefficient (Wildman–Crippen LogP) is 4.29. The number of benzene rings is 2. The molecule has 0 spiro atoms. The molecule has 0 radical (unpaired) electrons. The first-order chi connectivity index (χ1) is 12.8. The first-order valence-corrected chi connectivity index (χ1v) is 9.55. The zero-order valence-electron chi connectivity index (χ0n) is 15.6. The third kappa shape index (κ3) is 3.40. The Hall–Kier alpha value is -2.17. The minimum Gasteiger partial charge on any atom is -0.297 e. The molecule has 27 heavy (non-hydrogen) atoms. The van der Waals surface area contributed by atoms with Crippen LogP contribution in [0.4, 0.5) is 0 Å². The summed E-state index contributed by atoms with van der Waals surface area (Å²) in [6.45, 7) is 5.41. The summed E-state index contributed by atoms with van der Waals surface area (Å²) in [5, 5.41) is 9.11. The number of halogens is 1. The van der Waals surface area contributed by atoms with Gasteiger partial charge in [-0.2, -0.15) is 0 Å². The van der Waals surface area contributed by atoms with Gasteiger partial charge in [0.1, 0.15) is 5.69 Å². The lowest BCUT2D eigenvalue weighted by Crippen LogP contribution is -2.26. The summed E-state index contributed by atoms with van der Waals surface area (Å²) in [5.74, 6) is 0.693.